The van der Waals surface area contributed by atoms with E-state index in [0.717, 1.165) is 5.70 Å². The molecule has 0 aliphatic carbocycles. The van der Waals surface area contributed by atoms with Crippen molar-refractivity contribution in [3.8, 4) is 0 Å². The first-order valence-corrected chi connectivity index (χ1v) is 7.79. The minimum Gasteiger partial charge on any atom is -0.342 e. The maximum atomic E-state index is 13.0. The molecule has 0 spiro atoms. The molecule has 0 bridgehead atoms. The van der Waals surface area contributed by atoms with Crippen LogP contribution in [0.2, 0.25) is 0 Å². The molecule has 1 aromatic carbocycles. The van der Waals surface area contributed by atoms with Crippen LogP contribution < -0.4 is 5.32 Å². The van der Waals surface area contributed by atoms with Gasteiger partial charge in [0, 0.05) is 16.8 Å². The Kier molecular flexibility index (Phi) is 4.24. The Morgan fingerprint density at radius 3 is 2.58 bits per heavy atom. The van der Waals surface area contributed by atoms with Crippen molar-refractivity contribution in [1.29, 1.82) is 5.41 Å². The average molecular weight is 347 g/mol. The van der Waals surface area contributed by atoms with Gasteiger partial charge in [0.05, 0.1) is 29.5 Å². The quantitative estimate of drug-likeness (QED) is 0.820. The summed E-state index contributed by atoms with van der Waals surface area (Å²) >= 11 is 6.11. The SMILES string of the molecule is CC1=N/C(=C2\CN(C(=O)c3ccc(F)cc3)CC2=N)NC(C)=C1Cl. The van der Waals surface area contributed by atoms with E-state index in [4.69, 9.17) is 17.0 Å². The van der Waals surface area contributed by atoms with Crippen molar-refractivity contribution in [2.75, 3.05) is 13.1 Å². The number of aliphatic imine (C=N–C) groups is 1. The van der Waals surface area contributed by atoms with E-state index >= 15 is 0 Å². The Hall–Kier alpha value is -2.47. The maximum Gasteiger partial charge on any atom is 0.254 e. The summed E-state index contributed by atoms with van der Waals surface area (Å²) in [5.41, 5.74) is 2.82. The van der Waals surface area contributed by atoms with Gasteiger partial charge in [0.2, 0.25) is 0 Å². The highest BCUT2D eigenvalue weighted by atomic mass is 35.5. The van der Waals surface area contributed by atoms with Gasteiger partial charge in [-0.05, 0) is 38.1 Å². The molecule has 0 unspecified atom stereocenters. The maximum absolute atomic E-state index is 13.0. The predicted octanol–water partition coefficient (Wildman–Crippen LogP) is 3.05. The normalized spacial score (nSPS) is 21.1. The average Bonchev–Trinajstić information content (AvgIpc) is 2.94. The fraction of sp³-hybridized carbons (Fsp3) is 0.235. The lowest BCUT2D eigenvalue weighted by atomic mass is 10.1. The third kappa shape index (κ3) is 2.97. The number of hydrogen-bond acceptors (Lipinski definition) is 4. The van der Waals surface area contributed by atoms with Gasteiger partial charge in [0.1, 0.15) is 11.6 Å². The summed E-state index contributed by atoms with van der Waals surface area (Å²) in [6.07, 6.45) is 0. The number of rotatable bonds is 1. The Balaban J connectivity index is 1.85. The zero-order valence-corrected chi connectivity index (χ0v) is 14.0. The fourth-order valence-electron chi connectivity index (χ4n) is 2.66. The second-order valence-electron chi connectivity index (χ2n) is 5.74. The number of allylic oxidation sites excluding steroid dienone is 2. The van der Waals surface area contributed by atoms with Gasteiger partial charge < -0.3 is 15.6 Å². The zero-order chi connectivity index (χ0) is 17.4. The molecule has 2 N–H and O–H groups in total. The molecule has 0 saturated carbocycles. The summed E-state index contributed by atoms with van der Waals surface area (Å²) in [6, 6.07) is 5.39. The van der Waals surface area contributed by atoms with Gasteiger partial charge in [-0.1, -0.05) is 11.6 Å². The van der Waals surface area contributed by atoms with E-state index in [2.05, 4.69) is 10.3 Å². The van der Waals surface area contributed by atoms with Crippen LogP contribution in [0.4, 0.5) is 4.39 Å². The first-order valence-electron chi connectivity index (χ1n) is 7.41. The number of likely N-dealkylation sites (tertiary alicyclic amines) is 1. The number of nitrogens with one attached hydrogen (secondary N) is 2. The Morgan fingerprint density at radius 2 is 1.96 bits per heavy atom. The van der Waals surface area contributed by atoms with Crippen LogP contribution >= 0.6 is 11.6 Å². The van der Waals surface area contributed by atoms with Crippen LogP contribution in [0.25, 0.3) is 0 Å². The van der Waals surface area contributed by atoms with E-state index in [0.29, 0.717) is 33.4 Å². The van der Waals surface area contributed by atoms with E-state index in [1.165, 1.54) is 24.3 Å². The lowest BCUT2D eigenvalue weighted by molar-refractivity contribution is 0.0804. The predicted molar refractivity (Wildman–Crippen MR) is 91.9 cm³/mol. The minimum atomic E-state index is -0.390. The van der Waals surface area contributed by atoms with Crippen molar-refractivity contribution >= 4 is 28.9 Å². The minimum absolute atomic E-state index is 0.196. The van der Waals surface area contributed by atoms with Gasteiger partial charge in [-0.25, -0.2) is 9.38 Å². The Labute approximate surface area is 144 Å². The Morgan fingerprint density at radius 1 is 1.29 bits per heavy atom. The van der Waals surface area contributed by atoms with E-state index in [1.54, 1.807) is 11.8 Å². The molecule has 124 valence electrons. The monoisotopic (exact) mass is 346 g/mol. The third-order valence-corrected chi connectivity index (χ3v) is 4.52. The van der Waals surface area contributed by atoms with Gasteiger partial charge in [-0.2, -0.15) is 0 Å². The van der Waals surface area contributed by atoms with E-state index in [9.17, 15) is 9.18 Å². The zero-order valence-electron chi connectivity index (χ0n) is 13.3. The molecule has 0 aromatic heterocycles. The second-order valence-corrected chi connectivity index (χ2v) is 6.11. The molecule has 0 radical (unpaired) electrons. The smallest absolute Gasteiger partial charge is 0.254 e. The van der Waals surface area contributed by atoms with Crippen LogP contribution in [-0.4, -0.2) is 35.3 Å². The second kappa shape index (κ2) is 6.20. The number of amides is 1. The highest BCUT2D eigenvalue weighted by molar-refractivity contribution is 6.43. The summed E-state index contributed by atoms with van der Waals surface area (Å²) in [5, 5.41) is 11.8. The third-order valence-electron chi connectivity index (χ3n) is 3.96. The number of hydrogen-bond donors (Lipinski definition) is 2. The lowest BCUT2D eigenvalue weighted by Crippen LogP contribution is -2.29. The molecule has 1 amide bonds. The molecule has 5 nitrogen and oxygen atoms in total. The first-order chi connectivity index (χ1) is 11.4. The van der Waals surface area contributed by atoms with Crippen molar-refractivity contribution < 1.29 is 9.18 Å². The van der Waals surface area contributed by atoms with Crippen molar-refractivity contribution in [2.24, 2.45) is 4.99 Å². The van der Waals surface area contributed by atoms with Gasteiger partial charge in [-0.15, -0.1) is 0 Å². The highest BCUT2D eigenvalue weighted by Gasteiger charge is 2.30. The van der Waals surface area contributed by atoms with Gasteiger partial charge >= 0.3 is 0 Å². The van der Waals surface area contributed by atoms with Gasteiger partial charge in [0.15, 0.2) is 0 Å². The van der Waals surface area contributed by atoms with Gasteiger partial charge in [0.25, 0.3) is 5.91 Å². The number of carbonyl (C=O) groups excluding carboxylic acids is 1. The summed E-state index contributed by atoms with van der Waals surface area (Å²) in [4.78, 5) is 18.4. The van der Waals surface area contributed by atoms with Crippen molar-refractivity contribution in [3.63, 3.8) is 0 Å². The van der Waals surface area contributed by atoms with Crippen LogP contribution in [0, 0.1) is 11.2 Å². The first kappa shape index (κ1) is 16.4. The highest BCUT2D eigenvalue weighted by Crippen LogP contribution is 2.24. The molecule has 1 aromatic rings. The topological polar surface area (TPSA) is 68.5 Å². The van der Waals surface area contributed by atoms with E-state index < -0.39 is 0 Å². The largest absolute Gasteiger partial charge is 0.342 e. The molecule has 2 aliphatic heterocycles. The number of halogens is 2. The number of benzene rings is 1. The van der Waals surface area contributed by atoms with E-state index in [1.807, 2.05) is 6.92 Å². The molecular weight excluding hydrogens is 331 g/mol. The van der Waals surface area contributed by atoms with Crippen molar-refractivity contribution in [2.45, 2.75) is 13.8 Å². The van der Waals surface area contributed by atoms with Crippen LogP contribution in [-0.2, 0) is 0 Å². The Bertz CT molecular complexity index is 823. The molecule has 2 aliphatic rings. The molecular formula is C17H16ClFN4O. The van der Waals surface area contributed by atoms with E-state index in [-0.39, 0.29) is 24.8 Å². The summed E-state index contributed by atoms with van der Waals surface area (Å²) < 4.78 is 13.0. The fourth-order valence-corrected chi connectivity index (χ4v) is 2.75. The number of carbonyl (C=O) groups is 1. The summed E-state index contributed by atoms with van der Waals surface area (Å²) in [7, 11) is 0. The van der Waals surface area contributed by atoms with Crippen LogP contribution in [0.5, 0.6) is 0 Å². The van der Waals surface area contributed by atoms with Gasteiger partial charge in [-0.3, -0.25) is 4.79 Å². The van der Waals surface area contributed by atoms with Crippen LogP contribution in [0.3, 0.4) is 0 Å². The standard InChI is InChI=1S/C17H16ClFN4O/c1-9-15(18)10(2)22-16(21-9)13-7-23(8-14(13)20)17(24)11-3-5-12(19)6-4-11/h3-6,20-21H,7-8H2,1-2H3/b16-13+,20-14?. The van der Waals surface area contributed by atoms with Crippen LogP contribution in [0.15, 0.2) is 51.4 Å². The number of nitrogens with zero attached hydrogens (tertiary/aromatic N) is 2. The summed E-state index contributed by atoms with van der Waals surface area (Å²) in [6.45, 7) is 4.11. The van der Waals surface area contributed by atoms with Crippen LogP contribution in [0.1, 0.15) is 24.2 Å². The molecule has 1 saturated heterocycles. The van der Waals surface area contributed by atoms with Crippen molar-refractivity contribution in [3.05, 3.63) is 57.8 Å². The van der Waals surface area contributed by atoms with Crippen molar-refractivity contribution in [1.82, 2.24) is 10.2 Å². The molecule has 2 heterocycles. The lowest BCUT2D eigenvalue weighted by Gasteiger charge is -2.18. The summed E-state index contributed by atoms with van der Waals surface area (Å²) in [5.74, 6) is -0.0788. The molecule has 7 heteroatoms. The molecule has 24 heavy (non-hydrogen) atoms. The molecule has 3 rings (SSSR count). The molecule has 1 fully saturated rings. The molecule has 0 atom stereocenters.